The molecule has 0 saturated carbocycles. The maximum Gasteiger partial charge on any atom is 0.243 e. The van der Waals surface area contributed by atoms with Gasteiger partial charge < -0.3 is 10.4 Å². The van der Waals surface area contributed by atoms with Crippen LogP contribution in [-0.2, 0) is 0 Å². The molecule has 0 spiro atoms. The molecule has 2 aromatic rings. The van der Waals surface area contributed by atoms with E-state index in [1.165, 1.54) is 0 Å². The van der Waals surface area contributed by atoms with Gasteiger partial charge in [0.2, 0.25) is 5.95 Å². The van der Waals surface area contributed by atoms with E-state index in [1.54, 1.807) is 4.52 Å². The van der Waals surface area contributed by atoms with Gasteiger partial charge in [0.1, 0.15) is 0 Å². The summed E-state index contributed by atoms with van der Waals surface area (Å²) in [7, 11) is 0. The number of aromatic nitrogens is 3. The molecule has 2 aromatic heterocycles. The number of aliphatic hydroxyl groups is 1. The summed E-state index contributed by atoms with van der Waals surface area (Å²) in [5, 5.41) is 16.9. The largest absolute Gasteiger partial charge is 0.396 e. The first-order chi connectivity index (χ1) is 8.90. The van der Waals surface area contributed by atoms with Gasteiger partial charge >= 0.3 is 0 Å². The highest BCUT2D eigenvalue weighted by molar-refractivity contribution is 5.44. The number of nitrogens with zero attached hydrogens (tertiary/aromatic N) is 3. The van der Waals surface area contributed by atoms with Crippen LogP contribution in [-0.4, -0.2) is 32.4 Å². The van der Waals surface area contributed by atoms with Gasteiger partial charge in [-0.1, -0.05) is 26.8 Å². The van der Waals surface area contributed by atoms with Crippen molar-refractivity contribution in [3.05, 3.63) is 23.9 Å². The molecular formula is C14H22N4O. The third kappa shape index (κ3) is 3.23. The predicted octanol–water partition coefficient (Wildman–Crippen LogP) is 2.25. The summed E-state index contributed by atoms with van der Waals surface area (Å²) in [6.45, 7) is 8.60. The number of rotatable bonds is 4. The Hall–Kier alpha value is -1.62. The van der Waals surface area contributed by atoms with Crippen LogP contribution < -0.4 is 5.32 Å². The van der Waals surface area contributed by atoms with Gasteiger partial charge in [-0.05, 0) is 30.4 Å². The van der Waals surface area contributed by atoms with Crippen LogP contribution in [0.3, 0.4) is 0 Å². The highest BCUT2D eigenvalue weighted by Crippen LogP contribution is 2.24. The Morgan fingerprint density at radius 1 is 1.37 bits per heavy atom. The first kappa shape index (κ1) is 13.8. The second-order valence-electron chi connectivity index (χ2n) is 6.02. The minimum Gasteiger partial charge on any atom is -0.396 e. The van der Waals surface area contributed by atoms with Crippen LogP contribution in [0.2, 0.25) is 0 Å². The van der Waals surface area contributed by atoms with Crippen molar-refractivity contribution >= 4 is 11.6 Å². The Morgan fingerprint density at radius 3 is 2.74 bits per heavy atom. The predicted molar refractivity (Wildman–Crippen MR) is 76.3 cm³/mol. The lowest BCUT2D eigenvalue weighted by Gasteiger charge is -2.30. The number of nitrogens with one attached hydrogen (secondary N) is 1. The topological polar surface area (TPSA) is 62.5 Å². The lowest BCUT2D eigenvalue weighted by molar-refractivity contribution is 0.235. The van der Waals surface area contributed by atoms with Crippen molar-refractivity contribution < 1.29 is 5.11 Å². The van der Waals surface area contributed by atoms with E-state index in [0.717, 1.165) is 11.2 Å². The minimum atomic E-state index is 0.0378. The molecule has 0 aliphatic rings. The molecule has 19 heavy (non-hydrogen) atoms. The maximum absolute atomic E-state index is 9.17. The van der Waals surface area contributed by atoms with Crippen LogP contribution >= 0.6 is 0 Å². The van der Waals surface area contributed by atoms with Crippen molar-refractivity contribution in [1.29, 1.82) is 0 Å². The molecule has 5 nitrogen and oxygen atoms in total. The summed E-state index contributed by atoms with van der Waals surface area (Å²) in [5.74, 6) is 0.610. The number of fused-ring (bicyclic) bond motifs is 1. The average Bonchev–Trinajstić information content (AvgIpc) is 2.68. The average molecular weight is 262 g/mol. The molecule has 0 aliphatic heterocycles. The summed E-state index contributed by atoms with van der Waals surface area (Å²) < 4.78 is 1.77. The number of aliphatic hydroxyl groups excluding tert-OH is 1. The highest BCUT2D eigenvalue weighted by atomic mass is 16.3. The van der Waals surface area contributed by atoms with E-state index < -0.39 is 0 Å². The Bertz CT molecular complexity index is 556. The zero-order valence-corrected chi connectivity index (χ0v) is 12.0. The van der Waals surface area contributed by atoms with E-state index in [4.69, 9.17) is 5.11 Å². The molecule has 0 bridgehead atoms. The Kier molecular flexibility index (Phi) is 3.75. The van der Waals surface area contributed by atoms with Crippen LogP contribution in [0, 0.1) is 12.3 Å². The van der Waals surface area contributed by atoms with Gasteiger partial charge in [-0.25, -0.2) is 4.52 Å². The fourth-order valence-corrected chi connectivity index (χ4v) is 2.05. The molecule has 0 fully saturated rings. The highest BCUT2D eigenvalue weighted by Gasteiger charge is 2.25. The van der Waals surface area contributed by atoms with Crippen LogP contribution in [0.1, 0.15) is 32.8 Å². The summed E-state index contributed by atoms with van der Waals surface area (Å²) in [4.78, 5) is 4.45. The normalized spacial score (nSPS) is 13.7. The van der Waals surface area contributed by atoms with Crippen molar-refractivity contribution in [2.24, 2.45) is 5.41 Å². The van der Waals surface area contributed by atoms with Crippen LogP contribution in [0.4, 0.5) is 5.95 Å². The summed E-state index contributed by atoms with van der Waals surface area (Å²) in [5.41, 5.74) is 2.01. The van der Waals surface area contributed by atoms with Crippen molar-refractivity contribution in [1.82, 2.24) is 14.6 Å². The minimum absolute atomic E-state index is 0.0378. The Labute approximate surface area is 113 Å². The molecular weight excluding hydrogens is 240 g/mol. The molecule has 2 rings (SSSR count). The van der Waals surface area contributed by atoms with E-state index in [0.29, 0.717) is 12.4 Å². The first-order valence-electron chi connectivity index (χ1n) is 6.60. The Morgan fingerprint density at radius 2 is 2.11 bits per heavy atom. The zero-order valence-electron chi connectivity index (χ0n) is 12.0. The van der Waals surface area contributed by atoms with Crippen LogP contribution in [0.15, 0.2) is 18.3 Å². The molecule has 0 aromatic carbocycles. The fraction of sp³-hybridized carbons (Fsp3) is 0.571. The van der Waals surface area contributed by atoms with Gasteiger partial charge in [0, 0.05) is 18.8 Å². The van der Waals surface area contributed by atoms with Crippen molar-refractivity contribution in [2.45, 2.75) is 40.2 Å². The second kappa shape index (κ2) is 5.17. The number of aryl methyl sites for hydroxylation is 1. The molecule has 1 atom stereocenters. The molecule has 0 aliphatic carbocycles. The standard InChI is InChI=1S/C14H22N4O/c1-10-5-6-12-16-13(17-18(12)9-10)15-11(7-8-19)14(2,3)4/h5-6,9,11,19H,7-8H2,1-4H3,(H,15,17). The zero-order chi connectivity index (χ0) is 14.0. The fourth-order valence-electron chi connectivity index (χ4n) is 2.05. The van der Waals surface area contributed by atoms with Crippen molar-refractivity contribution in [3.63, 3.8) is 0 Å². The number of hydrogen-bond acceptors (Lipinski definition) is 4. The molecule has 2 N–H and O–H groups in total. The molecule has 0 amide bonds. The first-order valence-corrected chi connectivity index (χ1v) is 6.60. The lowest BCUT2D eigenvalue weighted by atomic mass is 9.85. The quantitative estimate of drug-likeness (QED) is 0.887. The van der Waals surface area contributed by atoms with Crippen molar-refractivity contribution in [2.75, 3.05) is 11.9 Å². The van der Waals surface area contributed by atoms with Gasteiger partial charge in [-0.2, -0.15) is 4.98 Å². The van der Waals surface area contributed by atoms with Gasteiger partial charge in [0.15, 0.2) is 5.65 Å². The summed E-state index contributed by atoms with van der Waals surface area (Å²) >= 11 is 0. The van der Waals surface area contributed by atoms with Crippen LogP contribution in [0.5, 0.6) is 0 Å². The molecule has 2 heterocycles. The molecule has 5 heteroatoms. The molecule has 0 saturated heterocycles. The monoisotopic (exact) mass is 262 g/mol. The lowest BCUT2D eigenvalue weighted by Crippen LogP contribution is -2.35. The second-order valence-corrected chi connectivity index (χ2v) is 6.02. The van der Waals surface area contributed by atoms with E-state index in [-0.39, 0.29) is 18.1 Å². The number of pyridine rings is 1. The van der Waals surface area contributed by atoms with E-state index in [2.05, 4.69) is 36.2 Å². The number of anilines is 1. The number of hydrogen-bond donors (Lipinski definition) is 2. The van der Waals surface area contributed by atoms with Crippen molar-refractivity contribution in [3.8, 4) is 0 Å². The third-order valence-corrected chi connectivity index (χ3v) is 3.25. The SMILES string of the molecule is Cc1ccc2nc(NC(CCO)C(C)(C)C)nn2c1. The molecule has 1 unspecified atom stereocenters. The van der Waals surface area contributed by atoms with E-state index in [9.17, 15) is 0 Å². The van der Waals surface area contributed by atoms with E-state index >= 15 is 0 Å². The van der Waals surface area contributed by atoms with Gasteiger partial charge in [0.05, 0.1) is 0 Å². The third-order valence-electron chi connectivity index (χ3n) is 3.25. The summed E-state index contributed by atoms with van der Waals surface area (Å²) in [6.07, 6.45) is 2.63. The van der Waals surface area contributed by atoms with Gasteiger partial charge in [0.25, 0.3) is 0 Å². The van der Waals surface area contributed by atoms with Gasteiger partial charge in [-0.15, -0.1) is 5.10 Å². The Balaban J connectivity index is 2.24. The van der Waals surface area contributed by atoms with E-state index in [1.807, 2.05) is 25.3 Å². The van der Waals surface area contributed by atoms with Gasteiger partial charge in [-0.3, -0.25) is 0 Å². The maximum atomic E-state index is 9.17. The molecule has 104 valence electrons. The summed E-state index contributed by atoms with van der Waals surface area (Å²) in [6, 6.07) is 4.10. The smallest absolute Gasteiger partial charge is 0.243 e. The van der Waals surface area contributed by atoms with Crippen LogP contribution in [0.25, 0.3) is 5.65 Å². The molecule has 0 radical (unpaired) electrons.